The number of benzene rings is 1. The molecule has 0 amide bonds. The van der Waals surface area contributed by atoms with Gasteiger partial charge in [0.05, 0.1) is 5.69 Å². The number of H-pyrrole nitrogens is 1. The minimum Gasteiger partial charge on any atom is -0.384 e. The van der Waals surface area contributed by atoms with Gasteiger partial charge in [-0.3, -0.25) is 4.68 Å². The number of rotatable bonds is 1. The molecule has 86 valence electrons. The fourth-order valence-corrected chi connectivity index (χ4v) is 2.06. The van der Waals surface area contributed by atoms with Gasteiger partial charge in [0.15, 0.2) is 0 Å². The van der Waals surface area contributed by atoms with Crippen LogP contribution in [0.15, 0.2) is 30.3 Å². The number of anilines is 1. The summed E-state index contributed by atoms with van der Waals surface area (Å²) in [5, 5.41) is 5.59. The Kier molecular flexibility index (Phi) is 1.98. The van der Waals surface area contributed by atoms with E-state index in [1.165, 1.54) is 10.9 Å². The Bertz CT molecular complexity index is 671. The van der Waals surface area contributed by atoms with E-state index in [0.29, 0.717) is 5.82 Å². The van der Waals surface area contributed by atoms with Crippen molar-refractivity contribution in [2.24, 2.45) is 7.05 Å². The maximum Gasteiger partial charge on any atom is 0.122 e. The van der Waals surface area contributed by atoms with Crippen molar-refractivity contribution in [1.82, 2.24) is 14.8 Å². The molecule has 0 bridgehead atoms. The number of aryl methyl sites for hydroxylation is 2. The van der Waals surface area contributed by atoms with Crippen LogP contribution in [0.5, 0.6) is 0 Å². The standard InChI is InChI=1S/C13H14N4/c1-8-4-3-5-10-9(8)6-11(15-10)12-7-13(14)17(2)16-12/h3-7,15H,14H2,1-2H3. The normalized spacial score (nSPS) is 11.2. The number of nitrogens with two attached hydrogens (primary N) is 1. The molecule has 2 heterocycles. The molecule has 3 rings (SSSR count). The number of aromatic amines is 1. The summed E-state index contributed by atoms with van der Waals surface area (Å²) in [6, 6.07) is 10.2. The predicted octanol–water partition coefficient (Wildman–Crippen LogP) is 2.46. The summed E-state index contributed by atoms with van der Waals surface area (Å²) < 4.78 is 1.67. The zero-order chi connectivity index (χ0) is 12.0. The number of nitrogen functional groups attached to an aromatic ring is 1. The Morgan fingerprint density at radius 1 is 1.29 bits per heavy atom. The first-order valence-electron chi connectivity index (χ1n) is 5.53. The molecule has 0 radical (unpaired) electrons. The van der Waals surface area contributed by atoms with E-state index in [1.54, 1.807) is 4.68 Å². The van der Waals surface area contributed by atoms with Gasteiger partial charge in [-0.25, -0.2) is 0 Å². The molecule has 0 saturated heterocycles. The summed E-state index contributed by atoms with van der Waals surface area (Å²) >= 11 is 0. The molecule has 4 nitrogen and oxygen atoms in total. The van der Waals surface area contributed by atoms with Gasteiger partial charge in [-0.05, 0) is 24.6 Å². The molecule has 2 aromatic heterocycles. The maximum atomic E-state index is 5.79. The van der Waals surface area contributed by atoms with Crippen LogP contribution in [0.25, 0.3) is 22.3 Å². The zero-order valence-electron chi connectivity index (χ0n) is 9.86. The highest BCUT2D eigenvalue weighted by atomic mass is 15.3. The van der Waals surface area contributed by atoms with Crippen LogP contribution in [0.4, 0.5) is 5.82 Å². The average Bonchev–Trinajstić information content (AvgIpc) is 2.85. The number of aromatic nitrogens is 3. The van der Waals surface area contributed by atoms with E-state index in [0.717, 1.165) is 16.9 Å². The van der Waals surface area contributed by atoms with Crippen LogP contribution in [0, 0.1) is 6.92 Å². The molecule has 3 N–H and O–H groups in total. The molecule has 4 heteroatoms. The number of fused-ring (bicyclic) bond motifs is 1. The van der Waals surface area contributed by atoms with Crippen LogP contribution in [0.1, 0.15) is 5.56 Å². The van der Waals surface area contributed by atoms with Gasteiger partial charge in [-0.2, -0.15) is 5.10 Å². The van der Waals surface area contributed by atoms with E-state index in [4.69, 9.17) is 5.73 Å². The third-order valence-electron chi connectivity index (χ3n) is 3.07. The van der Waals surface area contributed by atoms with E-state index < -0.39 is 0 Å². The highest BCUT2D eigenvalue weighted by Gasteiger charge is 2.08. The molecule has 0 aliphatic heterocycles. The Labute approximate surface area is 99.1 Å². The summed E-state index contributed by atoms with van der Waals surface area (Å²) in [6.07, 6.45) is 0. The van der Waals surface area contributed by atoms with Crippen molar-refractivity contribution in [2.75, 3.05) is 5.73 Å². The molecule has 3 aromatic rings. The molecule has 0 spiro atoms. The maximum absolute atomic E-state index is 5.79. The Morgan fingerprint density at radius 2 is 2.12 bits per heavy atom. The summed E-state index contributed by atoms with van der Waals surface area (Å²) in [4.78, 5) is 3.36. The SMILES string of the molecule is Cc1cccc2[nH]c(-c3cc(N)n(C)n3)cc12. The third-order valence-corrected chi connectivity index (χ3v) is 3.07. The minimum atomic E-state index is 0.662. The first-order chi connectivity index (χ1) is 8.15. The molecular formula is C13H14N4. The van der Waals surface area contributed by atoms with Gasteiger partial charge in [0.25, 0.3) is 0 Å². The van der Waals surface area contributed by atoms with Gasteiger partial charge >= 0.3 is 0 Å². The number of hydrogen-bond acceptors (Lipinski definition) is 2. The highest BCUT2D eigenvalue weighted by Crippen LogP contribution is 2.26. The molecule has 0 fully saturated rings. The Morgan fingerprint density at radius 3 is 2.76 bits per heavy atom. The first-order valence-corrected chi connectivity index (χ1v) is 5.53. The predicted molar refractivity (Wildman–Crippen MR) is 69.7 cm³/mol. The van der Waals surface area contributed by atoms with E-state index >= 15 is 0 Å². The van der Waals surface area contributed by atoms with Crippen molar-refractivity contribution >= 4 is 16.7 Å². The number of nitrogens with one attached hydrogen (secondary N) is 1. The zero-order valence-corrected chi connectivity index (χ0v) is 9.86. The minimum absolute atomic E-state index is 0.662. The van der Waals surface area contributed by atoms with Crippen LogP contribution in [-0.2, 0) is 7.05 Å². The van der Waals surface area contributed by atoms with Crippen LogP contribution < -0.4 is 5.73 Å². The molecule has 0 unspecified atom stereocenters. The van der Waals surface area contributed by atoms with Crippen molar-refractivity contribution in [2.45, 2.75) is 6.92 Å². The second-order valence-electron chi connectivity index (χ2n) is 4.30. The molecular weight excluding hydrogens is 212 g/mol. The van der Waals surface area contributed by atoms with E-state index in [2.05, 4.69) is 35.2 Å². The highest BCUT2D eigenvalue weighted by molar-refractivity contribution is 5.88. The Hall–Kier alpha value is -2.23. The molecule has 1 aromatic carbocycles. The number of nitrogens with zero attached hydrogens (tertiary/aromatic N) is 2. The summed E-state index contributed by atoms with van der Waals surface area (Å²) in [5.41, 5.74) is 10.1. The van der Waals surface area contributed by atoms with Crippen molar-refractivity contribution in [3.63, 3.8) is 0 Å². The van der Waals surface area contributed by atoms with Crippen LogP contribution in [0.3, 0.4) is 0 Å². The summed E-state index contributed by atoms with van der Waals surface area (Å²) in [5.74, 6) is 0.662. The fourth-order valence-electron chi connectivity index (χ4n) is 2.06. The van der Waals surface area contributed by atoms with Gasteiger partial charge in [0.2, 0.25) is 0 Å². The quantitative estimate of drug-likeness (QED) is 0.669. The van der Waals surface area contributed by atoms with Crippen molar-refractivity contribution < 1.29 is 0 Å². The monoisotopic (exact) mass is 226 g/mol. The molecule has 0 saturated carbocycles. The lowest BCUT2D eigenvalue weighted by Gasteiger charge is -1.92. The van der Waals surface area contributed by atoms with Gasteiger partial charge < -0.3 is 10.7 Å². The molecule has 17 heavy (non-hydrogen) atoms. The smallest absolute Gasteiger partial charge is 0.122 e. The summed E-state index contributed by atoms with van der Waals surface area (Å²) in [7, 11) is 1.84. The molecule has 0 aliphatic carbocycles. The first kappa shape index (κ1) is 9.96. The van der Waals surface area contributed by atoms with Crippen LogP contribution in [0.2, 0.25) is 0 Å². The second kappa shape index (κ2) is 3.38. The lowest BCUT2D eigenvalue weighted by Crippen LogP contribution is -1.96. The second-order valence-corrected chi connectivity index (χ2v) is 4.30. The van der Waals surface area contributed by atoms with Crippen LogP contribution in [-0.4, -0.2) is 14.8 Å². The van der Waals surface area contributed by atoms with Gasteiger partial charge in [-0.15, -0.1) is 0 Å². The largest absolute Gasteiger partial charge is 0.384 e. The number of hydrogen-bond donors (Lipinski definition) is 2. The van der Waals surface area contributed by atoms with E-state index in [9.17, 15) is 0 Å². The van der Waals surface area contributed by atoms with Crippen LogP contribution >= 0.6 is 0 Å². The Balaban J connectivity index is 2.21. The lowest BCUT2D eigenvalue weighted by atomic mass is 10.1. The molecule has 0 aliphatic rings. The van der Waals surface area contributed by atoms with Gasteiger partial charge in [0, 0.05) is 24.0 Å². The van der Waals surface area contributed by atoms with Crippen molar-refractivity contribution in [3.8, 4) is 11.4 Å². The lowest BCUT2D eigenvalue weighted by molar-refractivity contribution is 0.781. The molecule has 0 atom stereocenters. The third kappa shape index (κ3) is 1.49. The van der Waals surface area contributed by atoms with E-state index in [-0.39, 0.29) is 0 Å². The topological polar surface area (TPSA) is 59.6 Å². The van der Waals surface area contributed by atoms with Gasteiger partial charge in [0.1, 0.15) is 11.5 Å². The summed E-state index contributed by atoms with van der Waals surface area (Å²) in [6.45, 7) is 2.10. The fraction of sp³-hybridized carbons (Fsp3) is 0.154. The van der Waals surface area contributed by atoms with Gasteiger partial charge in [-0.1, -0.05) is 12.1 Å². The van der Waals surface area contributed by atoms with Crippen molar-refractivity contribution in [3.05, 3.63) is 35.9 Å². The van der Waals surface area contributed by atoms with E-state index in [1.807, 2.05) is 19.2 Å². The average molecular weight is 226 g/mol. The van der Waals surface area contributed by atoms with Crippen molar-refractivity contribution in [1.29, 1.82) is 0 Å².